The summed E-state index contributed by atoms with van der Waals surface area (Å²) in [7, 11) is 0. The maximum Gasteiger partial charge on any atom is 0.236 e. The Labute approximate surface area is 144 Å². The van der Waals surface area contributed by atoms with E-state index in [0.717, 1.165) is 25.7 Å². The molecule has 1 aliphatic carbocycles. The van der Waals surface area contributed by atoms with Crippen molar-refractivity contribution >= 4 is 30.1 Å². The van der Waals surface area contributed by atoms with Crippen LogP contribution in [0.25, 0.3) is 0 Å². The Morgan fingerprint density at radius 3 is 2.45 bits per heavy atom. The number of hydrogen-bond acceptors (Lipinski definition) is 3. The maximum atomic E-state index is 12.7. The molecule has 124 valence electrons. The average molecular weight is 343 g/mol. The smallest absolute Gasteiger partial charge is 0.236 e. The van der Waals surface area contributed by atoms with Crippen LogP contribution in [0.2, 0.25) is 0 Å². The molecule has 3 N–H and O–H groups in total. The second kappa shape index (κ2) is 8.80. The zero-order valence-electron chi connectivity index (χ0n) is 13.4. The van der Waals surface area contributed by atoms with Crippen LogP contribution in [0.5, 0.6) is 0 Å². The summed E-state index contributed by atoms with van der Waals surface area (Å²) in [5.74, 6) is 0.516. The molecule has 22 heavy (non-hydrogen) atoms. The molecule has 2 rings (SSSR count). The van der Waals surface area contributed by atoms with Gasteiger partial charge >= 0.3 is 0 Å². The molecule has 0 radical (unpaired) electrons. The molecular formula is C17H27ClN2OS. The molecule has 1 amide bonds. The quantitative estimate of drug-likeness (QED) is 0.831. The highest BCUT2D eigenvalue weighted by Crippen LogP contribution is 2.45. The number of benzene rings is 1. The SMILES string of the molecule is Cc1ccc(SC2(C(=O)NCC(C)CN)CCCC2)cc1.Cl. The minimum absolute atomic E-state index is 0. The Bertz CT molecular complexity index is 472. The van der Waals surface area contributed by atoms with Crippen LogP contribution in [0.4, 0.5) is 0 Å². The van der Waals surface area contributed by atoms with Crippen LogP contribution in [0.15, 0.2) is 29.2 Å². The lowest BCUT2D eigenvalue weighted by Crippen LogP contribution is -2.44. The van der Waals surface area contributed by atoms with Crippen LogP contribution in [0.1, 0.15) is 38.2 Å². The van der Waals surface area contributed by atoms with Crippen molar-refractivity contribution in [3.05, 3.63) is 29.8 Å². The summed E-state index contributed by atoms with van der Waals surface area (Å²) in [6.07, 6.45) is 4.21. The molecule has 1 atom stereocenters. The van der Waals surface area contributed by atoms with E-state index in [1.54, 1.807) is 11.8 Å². The molecule has 0 aliphatic heterocycles. The largest absolute Gasteiger partial charge is 0.355 e. The van der Waals surface area contributed by atoms with Gasteiger partial charge in [0.05, 0.1) is 4.75 Å². The normalized spacial score (nSPS) is 17.6. The number of amides is 1. The molecule has 0 saturated heterocycles. The average Bonchev–Trinajstić information content (AvgIpc) is 2.96. The summed E-state index contributed by atoms with van der Waals surface area (Å²) in [5, 5.41) is 3.11. The van der Waals surface area contributed by atoms with Crippen LogP contribution < -0.4 is 11.1 Å². The lowest BCUT2D eigenvalue weighted by atomic mass is 10.1. The summed E-state index contributed by atoms with van der Waals surface area (Å²) >= 11 is 1.73. The van der Waals surface area contributed by atoms with Gasteiger partial charge in [0.2, 0.25) is 5.91 Å². The minimum Gasteiger partial charge on any atom is -0.355 e. The first-order valence-electron chi connectivity index (χ1n) is 7.80. The third-order valence-corrected chi connectivity index (χ3v) is 5.66. The number of nitrogens with two attached hydrogens (primary N) is 1. The third-order valence-electron chi connectivity index (χ3n) is 4.17. The highest BCUT2D eigenvalue weighted by molar-refractivity contribution is 8.01. The Morgan fingerprint density at radius 1 is 1.32 bits per heavy atom. The van der Waals surface area contributed by atoms with E-state index in [9.17, 15) is 4.79 Å². The lowest BCUT2D eigenvalue weighted by Gasteiger charge is -2.28. The number of halogens is 1. The molecule has 1 saturated carbocycles. The fraction of sp³-hybridized carbons (Fsp3) is 0.588. The fourth-order valence-electron chi connectivity index (χ4n) is 2.66. The van der Waals surface area contributed by atoms with E-state index in [1.165, 1.54) is 10.5 Å². The van der Waals surface area contributed by atoms with Crippen molar-refractivity contribution in [2.45, 2.75) is 49.2 Å². The molecule has 1 aromatic carbocycles. The zero-order chi connectivity index (χ0) is 15.3. The molecule has 0 bridgehead atoms. The molecule has 1 unspecified atom stereocenters. The van der Waals surface area contributed by atoms with Crippen molar-refractivity contribution in [1.82, 2.24) is 5.32 Å². The molecule has 1 fully saturated rings. The van der Waals surface area contributed by atoms with Crippen molar-refractivity contribution in [2.75, 3.05) is 13.1 Å². The maximum absolute atomic E-state index is 12.7. The first-order valence-corrected chi connectivity index (χ1v) is 8.61. The van der Waals surface area contributed by atoms with Gasteiger partial charge in [-0.15, -0.1) is 24.2 Å². The summed E-state index contributed by atoms with van der Waals surface area (Å²) in [6, 6.07) is 8.46. The number of nitrogens with one attached hydrogen (secondary N) is 1. The number of carbonyl (C=O) groups excluding carboxylic acids is 1. The lowest BCUT2D eigenvalue weighted by molar-refractivity contribution is -0.123. The summed E-state index contributed by atoms with van der Waals surface area (Å²) in [6.45, 7) is 5.43. The van der Waals surface area contributed by atoms with E-state index in [4.69, 9.17) is 5.73 Å². The number of aryl methyl sites for hydroxylation is 1. The van der Waals surface area contributed by atoms with Crippen LogP contribution in [0.3, 0.4) is 0 Å². The van der Waals surface area contributed by atoms with E-state index >= 15 is 0 Å². The van der Waals surface area contributed by atoms with Crippen LogP contribution in [-0.2, 0) is 4.79 Å². The van der Waals surface area contributed by atoms with E-state index in [1.807, 2.05) is 0 Å². The van der Waals surface area contributed by atoms with Gasteiger partial charge < -0.3 is 11.1 Å². The van der Waals surface area contributed by atoms with Gasteiger partial charge in [-0.05, 0) is 44.4 Å². The van der Waals surface area contributed by atoms with Crippen molar-refractivity contribution < 1.29 is 4.79 Å². The van der Waals surface area contributed by atoms with E-state index < -0.39 is 0 Å². The molecule has 1 aromatic rings. The standard InChI is InChI=1S/C17H26N2OS.ClH/c1-13-5-7-15(8-6-13)21-17(9-3-4-10-17)16(20)19-12-14(2)11-18;/h5-8,14H,3-4,9-12,18H2,1-2H3,(H,19,20);1H. The number of thioether (sulfide) groups is 1. The first kappa shape index (κ1) is 19.3. The summed E-state index contributed by atoms with van der Waals surface area (Å²) in [4.78, 5) is 13.9. The second-order valence-electron chi connectivity index (χ2n) is 6.17. The van der Waals surface area contributed by atoms with Crippen LogP contribution in [-0.4, -0.2) is 23.7 Å². The number of rotatable bonds is 6. The van der Waals surface area contributed by atoms with Crippen molar-refractivity contribution in [2.24, 2.45) is 11.7 Å². The monoisotopic (exact) mass is 342 g/mol. The second-order valence-corrected chi connectivity index (χ2v) is 7.62. The molecular weight excluding hydrogens is 316 g/mol. The Morgan fingerprint density at radius 2 is 1.91 bits per heavy atom. The van der Waals surface area contributed by atoms with Gasteiger partial charge in [0.25, 0.3) is 0 Å². The molecule has 3 nitrogen and oxygen atoms in total. The molecule has 5 heteroatoms. The third kappa shape index (κ3) is 4.90. The Kier molecular flexibility index (Phi) is 7.74. The number of carbonyl (C=O) groups is 1. The van der Waals surface area contributed by atoms with Crippen LogP contribution >= 0.6 is 24.2 Å². The first-order chi connectivity index (χ1) is 10.1. The van der Waals surface area contributed by atoms with Crippen molar-refractivity contribution in [3.63, 3.8) is 0 Å². The van der Waals surface area contributed by atoms with Gasteiger partial charge in [-0.25, -0.2) is 0 Å². The van der Waals surface area contributed by atoms with Crippen molar-refractivity contribution in [3.8, 4) is 0 Å². The van der Waals surface area contributed by atoms with E-state index in [0.29, 0.717) is 19.0 Å². The Hall–Kier alpha value is -0.710. The molecule has 0 heterocycles. The van der Waals surface area contributed by atoms with Crippen LogP contribution in [0, 0.1) is 12.8 Å². The highest BCUT2D eigenvalue weighted by Gasteiger charge is 2.42. The molecule has 0 aromatic heterocycles. The highest BCUT2D eigenvalue weighted by atomic mass is 35.5. The summed E-state index contributed by atoms with van der Waals surface area (Å²) in [5.41, 5.74) is 6.88. The Balaban J connectivity index is 0.00000242. The van der Waals surface area contributed by atoms with E-state index in [-0.39, 0.29) is 23.1 Å². The van der Waals surface area contributed by atoms with Gasteiger partial charge in [0, 0.05) is 11.4 Å². The van der Waals surface area contributed by atoms with E-state index in [2.05, 4.69) is 43.4 Å². The fourth-order valence-corrected chi connectivity index (χ4v) is 4.05. The summed E-state index contributed by atoms with van der Waals surface area (Å²) < 4.78 is -0.288. The van der Waals surface area contributed by atoms with Crippen molar-refractivity contribution in [1.29, 1.82) is 0 Å². The van der Waals surface area contributed by atoms with Gasteiger partial charge in [-0.2, -0.15) is 0 Å². The van der Waals surface area contributed by atoms with Gasteiger partial charge in [0.15, 0.2) is 0 Å². The predicted molar refractivity (Wildman–Crippen MR) is 96.7 cm³/mol. The van der Waals surface area contributed by atoms with Gasteiger partial charge in [0.1, 0.15) is 0 Å². The molecule has 0 spiro atoms. The van der Waals surface area contributed by atoms with Gasteiger partial charge in [-0.1, -0.05) is 37.5 Å². The predicted octanol–water partition coefficient (Wildman–Crippen LogP) is 3.53. The topological polar surface area (TPSA) is 55.1 Å². The minimum atomic E-state index is -0.288. The number of hydrogen-bond donors (Lipinski definition) is 2. The van der Waals surface area contributed by atoms with Gasteiger partial charge in [-0.3, -0.25) is 4.79 Å². The zero-order valence-corrected chi connectivity index (χ0v) is 15.1. The molecule has 1 aliphatic rings.